The Balaban J connectivity index is 1.58. The third-order valence-corrected chi connectivity index (χ3v) is 6.06. The minimum atomic E-state index is -0.0922. The van der Waals surface area contributed by atoms with Crippen molar-refractivity contribution < 1.29 is 4.74 Å². The van der Waals surface area contributed by atoms with Crippen LogP contribution >= 0.6 is 0 Å². The molecule has 0 aliphatic carbocycles. The van der Waals surface area contributed by atoms with E-state index in [0.717, 1.165) is 28.2 Å². The van der Waals surface area contributed by atoms with Gasteiger partial charge in [0, 0.05) is 0 Å². The maximum atomic E-state index is 13.5. The number of methoxy groups -OCH3 is 1. The molecule has 0 fully saturated rings. The minimum Gasteiger partial charge on any atom is -0.497 e. The van der Waals surface area contributed by atoms with E-state index in [1.54, 1.807) is 17.9 Å². The van der Waals surface area contributed by atoms with E-state index >= 15 is 0 Å². The minimum absolute atomic E-state index is 0.0922. The molecule has 1 aliphatic rings. The van der Waals surface area contributed by atoms with Gasteiger partial charge in [-0.25, -0.2) is 14.7 Å². The molecule has 0 spiro atoms. The lowest BCUT2D eigenvalue weighted by Gasteiger charge is -2.12. The first-order chi connectivity index (χ1) is 16.7. The van der Waals surface area contributed by atoms with Gasteiger partial charge in [-0.05, 0) is 47.5 Å². The first-order valence-electron chi connectivity index (χ1n) is 11.0. The molecule has 3 heterocycles. The van der Waals surface area contributed by atoms with Gasteiger partial charge in [0.25, 0.3) is 5.56 Å². The van der Waals surface area contributed by atoms with Crippen LogP contribution in [0.15, 0.2) is 94.8 Å². The van der Waals surface area contributed by atoms with Crippen molar-refractivity contribution in [3.05, 3.63) is 107 Å². The number of nitrogens with zero attached hydrogens (tertiary/aromatic N) is 5. The SMILES string of the molecule is COc1ccc(C2=Nc3c(cnn3Cc3ccccc3)-c3nc4ccccc4c(=O)n3C2)cc1. The van der Waals surface area contributed by atoms with Crippen LogP contribution in [-0.4, -0.2) is 32.2 Å². The largest absolute Gasteiger partial charge is 0.497 e. The summed E-state index contributed by atoms with van der Waals surface area (Å²) < 4.78 is 8.88. The number of para-hydroxylation sites is 1. The molecule has 0 saturated carbocycles. The first kappa shape index (κ1) is 20.1. The second kappa shape index (κ2) is 8.12. The van der Waals surface area contributed by atoms with Crippen molar-refractivity contribution in [3.63, 3.8) is 0 Å². The van der Waals surface area contributed by atoms with E-state index in [0.29, 0.717) is 35.6 Å². The van der Waals surface area contributed by atoms with Crippen LogP contribution in [0.5, 0.6) is 5.75 Å². The topological polar surface area (TPSA) is 74.3 Å². The van der Waals surface area contributed by atoms with Crippen molar-refractivity contribution in [1.82, 2.24) is 19.3 Å². The standard InChI is InChI=1S/C27H21N5O2/c1-34-20-13-11-19(12-14-20)24-17-31-25(29-23-10-6-5-9-21(23)27(31)33)22-15-28-32(26(22)30-24)16-18-7-3-2-4-8-18/h2-15H,16-17H2,1H3. The summed E-state index contributed by atoms with van der Waals surface area (Å²) in [4.78, 5) is 23.4. The Morgan fingerprint density at radius 1 is 0.941 bits per heavy atom. The van der Waals surface area contributed by atoms with Crippen LogP contribution in [0.2, 0.25) is 0 Å². The van der Waals surface area contributed by atoms with Gasteiger partial charge in [0.2, 0.25) is 0 Å². The highest BCUT2D eigenvalue weighted by atomic mass is 16.5. The monoisotopic (exact) mass is 447 g/mol. The zero-order valence-corrected chi connectivity index (χ0v) is 18.5. The molecule has 166 valence electrons. The number of hydrogen-bond acceptors (Lipinski definition) is 5. The van der Waals surface area contributed by atoms with Crippen molar-refractivity contribution in [1.29, 1.82) is 0 Å². The van der Waals surface area contributed by atoms with E-state index in [2.05, 4.69) is 17.2 Å². The van der Waals surface area contributed by atoms with Crippen molar-refractivity contribution in [2.75, 3.05) is 7.11 Å². The van der Waals surface area contributed by atoms with Gasteiger partial charge >= 0.3 is 0 Å². The van der Waals surface area contributed by atoms with Crippen LogP contribution in [-0.2, 0) is 13.1 Å². The van der Waals surface area contributed by atoms with Crippen molar-refractivity contribution in [2.45, 2.75) is 13.1 Å². The van der Waals surface area contributed by atoms with Gasteiger partial charge in [0.05, 0.1) is 48.6 Å². The smallest absolute Gasteiger partial charge is 0.262 e. The van der Waals surface area contributed by atoms with Crippen molar-refractivity contribution >= 4 is 22.4 Å². The summed E-state index contributed by atoms with van der Waals surface area (Å²) >= 11 is 0. The van der Waals surface area contributed by atoms with Gasteiger partial charge in [-0.15, -0.1) is 0 Å². The van der Waals surface area contributed by atoms with E-state index < -0.39 is 0 Å². The maximum Gasteiger partial charge on any atom is 0.262 e. The second-order valence-corrected chi connectivity index (χ2v) is 8.16. The summed E-state index contributed by atoms with van der Waals surface area (Å²) in [7, 11) is 1.64. The van der Waals surface area contributed by atoms with Crippen LogP contribution < -0.4 is 10.3 Å². The number of ether oxygens (including phenoxy) is 1. The normalized spacial score (nSPS) is 12.6. The molecule has 0 saturated heterocycles. The average molecular weight is 447 g/mol. The van der Waals surface area contributed by atoms with Crippen LogP contribution in [0.4, 0.5) is 5.82 Å². The van der Waals surface area contributed by atoms with Gasteiger partial charge in [-0.1, -0.05) is 42.5 Å². The lowest BCUT2D eigenvalue weighted by molar-refractivity contribution is 0.415. The molecule has 34 heavy (non-hydrogen) atoms. The molecule has 0 bridgehead atoms. The second-order valence-electron chi connectivity index (χ2n) is 8.16. The first-order valence-corrected chi connectivity index (χ1v) is 11.0. The number of fused-ring (bicyclic) bond motifs is 4. The summed E-state index contributed by atoms with van der Waals surface area (Å²) in [6, 6.07) is 25.3. The number of hydrogen-bond donors (Lipinski definition) is 0. The number of benzene rings is 3. The Morgan fingerprint density at radius 2 is 1.71 bits per heavy atom. The molecule has 0 radical (unpaired) electrons. The highest BCUT2D eigenvalue weighted by Crippen LogP contribution is 2.33. The molecule has 7 heteroatoms. The Bertz CT molecular complexity index is 1600. The molecular weight excluding hydrogens is 426 g/mol. The quantitative estimate of drug-likeness (QED) is 0.408. The fraction of sp³-hybridized carbons (Fsp3) is 0.111. The van der Waals surface area contributed by atoms with Gasteiger partial charge in [0.15, 0.2) is 5.82 Å². The molecule has 0 atom stereocenters. The van der Waals surface area contributed by atoms with Crippen LogP contribution in [0.3, 0.4) is 0 Å². The van der Waals surface area contributed by atoms with Gasteiger partial charge in [-0.2, -0.15) is 5.10 Å². The van der Waals surface area contributed by atoms with Crippen LogP contribution in [0, 0.1) is 0 Å². The zero-order chi connectivity index (χ0) is 23.1. The predicted octanol–water partition coefficient (Wildman–Crippen LogP) is 4.45. The number of aromatic nitrogens is 4. The molecule has 2 aromatic heterocycles. The maximum absolute atomic E-state index is 13.5. The molecule has 0 N–H and O–H groups in total. The molecule has 3 aromatic carbocycles. The molecule has 0 unspecified atom stereocenters. The molecule has 0 amide bonds. The molecule has 5 aromatic rings. The lowest BCUT2D eigenvalue weighted by atomic mass is 10.1. The Labute approximate surface area is 195 Å². The Morgan fingerprint density at radius 3 is 2.50 bits per heavy atom. The predicted molar refractivity (Wildman–Crippen MR) is 132 cm³/mol. The van der Waals surface area contributed by atoms with Gasteiger partial charge in [0.1, 0.15) is 11.6 Å². The van der Waals surface area contributed by atoms with Crippen molar-refractivity contribution in [3.8, 4) is 17.1 Å². The van der Waals surface area contributed by atoms with E-state index in [1.807, 2.05) is 71.4 Å². The van der Waals surface area contributed by atoms with E-state index in [9.17, 15) is 4.79 Å². The lowest BCUT2D eigenvalue weighted by Crippen LogP contribution is -2.26. The van der Waals surface area contributed by atoms with Crippen molar-refractivity contribution in [2.24, 2.45) is 4.99 Å². The number of rotatable bonds is 4. The third kappa shape index (κ3) is 3.38. The van der Waals surface area contributed by atoms with E-state index in [-0.39, 0.29) is 5.56 Å². The fourth-order valence-corrected chi connectivity index (χ4v) is 4.30. The van der Waals surface area contributed by atoms with Gasteiger partial charge in [-0.3, -0.25) is 9.36 Å². The molecular formula is C27H21N5O2. The van der Waals surface area contributed by atoms with Crippen LogP contribution in [0.25, 0.3) is 22.3 Å². The summed E-state index contributed by atoms with van der Waals surface area (Å²) in [5.41, 5.74) is 4.09. The van der Waals surface area contributed by atoms with Gasteiger partial charge < -0.3 is 4.74 Å². The summed E-state index contributed by atoms with van der Waals surface area (Å²) in [5.74, 6) is 2.02. The highest BCUT2D eigenvalue weighted by molar-refractivity contribution is 6.03. The fourth-order valence-electron chi connectivity index (χ4n) is 4.30. The average Bonchev–Trinajstić information content (AvgIpc) is 3.18. The Hall–Kier alpha value is -4.52. The molecule has 7 nitrogen and oxygen atoms in total. The van der Waals surface area contributed by atoms with E-state index in [4.69, 9.17) is 14.7 Å². The highest BCUT2D eigenvalue weighted by Gasteiger charge is 2.24. The Kier molecular flexibility index (Phi) is 4.80. The molecule has 1 aliphatic heterocycles. The number of aliphatic imine (C=N–C) groups is 1. The van der Waals surface area contributed by atoms with Crippen LogP contribution in [0.1, 0.15) is 11.1 Å². The van der Waals surface area contributed by atoms with E-state index in [1.165, 1.54) is 0 Å². The molecule has 6 rings (SSSR count). The summed E-state index contributed by atoms with van der Waals surface area (Å²) in [6.07, 6.45) is 1.76. The zero-order valence-electron chi connectivity index (χ0n) is 18.5. The summed E-state index contributed by atoms with van der Waals surface area (Å²) in [6.45, 7) is 0.867. The third-order valence-electron chi connectivity index (χ3n) is 6.06. The summed E-state index contributed by atoms with van der Waals surface area (Å²) in [5, 5.41) is 5.22.